The number of aromatic nitrogens is 1. The highest BCUT2D eigenvalue weighted by Crippen LogP contribution is 2.48. The van der Waals surface area contributed by atoms with Gasteiger partial charge in [0.1, 0.15) is 26.7 Å². The lowest BCUT2D eigenvalue weighted by Crippen LogP contribution is -2.40. The van der Waals surface area contributed by atoms with Crippen LogP contribution in [0.25, 0.3) is 0 Å². The number of hydrogen-bond donors (Lipinski definition) is 0. The Morgan fingerprint density at radius 3 is 2.61 bits per heavy atom. The van der Waals surface area contributed by atoms with E-state index in [0.29, 0.717) is 40.5 Å². The first-order valence-corrected chi connectivity index (χ1v) is 11.8. The third-order valence-electron chi connectivity index (χ3n) is 6.27. The summed E-state index contributed by atoms with van der Waals surface area (Å²) in [6.07, 6.45) is 2.47. The lowest BCUT2D eigenvalue weighted by molar-refractivity contribution is -0.127. The molecule has 9 heteroatoms. The maximum absolute atomic E-state index is 13.3. The minimum Gasteiger partial charge on any atom is -0.457 e. The van der Waals surface area contributed by atoms with Gasteiger partial charge in [-0.1, -0.05) is 11.6 Å². The van der Waals surface area contributed by atoms with E-state index in [4.69, 9.17) is 16.3 Å². The van der Waals surface area contributed by atoms with Crippen LogP contribution in [0.2, 0.25) is 4.34 Å². The molecule has 0 saturated carbocycles. The van der Waals surface area contributed by atoms with Gasteiger partial charge in [0.15, 0.2) is 0 Å². The number of anilines is 1. The third kappa shape index (κ3) is 4.20. The first-order valence-electron chi connectivity index (χ1n) is 10.6. The quantitative estimate of drug-likeness (QED) is 0.532. The number of likely N-dealkylation sites (tertiary alicyclic amines) is 1. The number of carbonyl (C=O) groups is 2. The molecule has 0 N–H and O–H groups in total. The summed E-state index contributed by atoms with van der Waals surface area (Å²) in [4.78, 5) is 33.1. The number of nitrogens with zero attached hydrogens (tertiary/aromatic N) is 3. The van der Waals surface area contributed by atoms with Crippen molar-refractivity contribution in [2.75, 3.05) is 24.5 Å². The van der Waals surface area contributed by atoms with Crippen molar-refractivity contribution in [2.24, 2.45) is 0 Å². The number of amides is 2. The predicted molar refractivity (Wildman–Crippen MR) is 125 cm³/mol. The molecule has 33 heavy (non-hydrogen) atoms. The average molecular weight is 486 g/mol. The molecule has 1 saturated heterocycles. The molecule has 1 unspecified atom stereocenters. The lowest BCUT2D eigenvalue weighted by Gasteiger charge is -2.25. The molecule has 3 aromatic rings. The van der Waals surface area contributed by atoms with Crippen LogP contribution in [0, 0.1) is 5.82 Å². The first kappa shape index (κ1) is 21.9. The van der Waals surface area contributed by atoms with Gasteiger partial charge in [-0.05, 0) is 54.4 Å². The van der Waals surface area contributed by atoms with E-state index in [9.17, 15) is 14.0 Å². The highest BCUT2D eigenvalue weighted by molar-refractivity contribution is 7.15. The van der Waals surface area contributed by atoms with Crippen molar-refractivity contribution < 1.29 is 18.7 Å². The topological polar surface area (TPSA) is 62.7 Å². The van der Waals surface area contributed by atoms with Gasteiger partial charge >= 0.3 is 0 Å². The maximum atomic E-state index is 13.3. The fraction of sp³-hybridized carbons (Fsp3) is 0.292. The molecule has 6 nitrogen and oxygen atoms in total. The van der Waals surface area contributed by atoms with Crippen molar-refractivity contribution >= 4 is 40.4 Å². The molecule has 1 atom stereocenters. The van der Waals surface area contributed by atoms with E-state index in [-0.39, 0.29) is 29.5 Å². The molecular formula is C24H21ClFN3O3S. The summed E-state index contributed by atoms with van der Waals surface area (Å²) in [7, 11) is 0. The van der Waals surface area contributed by atoms with Crippen molar-refractivity contribution in [1.82, 2.24) is 9.88 Å². The lowest BCUT2D eigenvalue weighted by atomic mass is 9.81. The second-order valence-corrected chi connectivity index (χ2v) is 10.2. The van der Waals surface area contributed by atoms with Gasteiger partial charge in [0, 0.05) is 37.7 Å². The van der Waals surface area contributed by atoms with Crippen molar-refractivity contribution in [3.8, 4) is 11.5 Å². The van der Waals surface area contributed by atoms with Crippen LogP contribution in [-0.2, 0) is 21.4 Å². The SMILES string of the molecule is CC(=O)N1CCC2(C1)CN(C(=O)Cc1ncc(Cl)s1)c1ccc(Oc3ccc(F)cc3)cc12. The van der Waals surface area contributed by atoms with Crippen LogP contribution in [0.15, 0.2) is 48.7 Å². The number of thiazole rings is 1. The van der Waals surface area contributed by atoms with Crippen LogP contribution >= 0.6 is 22.9 Å². The Kier molecular flexibility index (Phi) is 5.58. The largest absolute Gasteiger partial charge is 0.457 e. The fourth-order valence-corrected chi connectivity index (χ4v) is 5.61. The summed E-state index contributed by atoms with van der Waals surface area (Å²) in [5.74, 6) is 0.749. The van der Waals surface area contributed by atoms with Crippen LogP contribution in [0.1, 0.15) is 23.9 Å². The summed E-state index contributed by atoms with van der Waals surface area (Å²) in [5, 5.41) is 0.667. The summed E-state index contributed by atoms with van der Waals surface area (Å²) in [6.45, 7) is 3.24. The van der Waals surface area contributed by atoms with Gasteiger partial charge in [-0.25, -0.2) is 9.37 Å². The van der Waals surface area contributed by atoms with Gasteiger partial charge in [-0.3, -0.25) is 9.59 Å². The van der Waals surface area contributed by atoms with Crippen LogP contribution in [-0.4, -0.2) is 41.3 Å². The van der Waals surface area contributed by atoms with E-state index in [2.05, 4.69) is 4.98 Å². The Balaban J connectivity index is 1.47. The van der Waals surface area contributed by atoms with Gasteiger partial charge < -0.3 is 14.5 Å². The van der Waals surface area contributed by atoms with Crippen LogP contribution in [0.5, 0.6) is 11.5 Å². The second kappa shape index (κ2) is 8.43. The minimum atomic E-state index is -0.362. The van der Waals surface area contributed by atoms with Gasteiger partial charge in [-0.2, -0.15) is 0 Å². The molecule has 2 aromatic carbocycles. The zero-order chi connectivity index (χ0) is 23.2. The molecule has 2 aliphatic rings. The van der Waals surface area contributed by atoms with Gasteiger partial charge in [0.05, 0.1) is 12.6 Å². The Labute approximate surface area is 199 Å². The Morgan fingerprint density at radius 1 is 1.18 bits per heavy atom. The van der Waals surface area contributed by atoms with Gasteiger partial charge in [0.2, 0.25) is 11.8 Å². The van der Waals surface area contributed by atoms with E-state index in [0.717, 1.165) is 17.7 Å². The predicted octanol–water partition coefficient (Wildman–Crippen LogP) is 4.81. The minimum absolute atomic E-state index is 0.0225. The van der Waals surface area contributed by atoms with Crippen molar-refractivity contribution in [1.29, 1.82) is 0 Å². The number of rotatable bonds is 4. The van der Waals surface area contributed by atoms with Crippen LogP contribution < -0.4 is 9.64 Å². The second-order valence-electron chi connectivity index (χ2n) is 8.42. The highest BCUT2D eigenvalue weighted by atomic mass is 35.5. The maximum Gasteiger partial charge on any atom is 0.233 e. The smallest absolute Gasteiger partial charge is 0.233 e. The molecule has 0 bridgehead atoms. The van der Waals surface area contributed by atoms with Crippen molar-refractivity contribution in [2.45, 2.75) is 25.2 Å². The van der Waals surface area contributed by atoms with Gasteiger partial charge in [-0.15, -0.1) is 11.3 Å². The highest BCUT2D eigenvalue weighted by Gasteiger charge is 2.49. The third-order valence-corrected chi connectivity index (χ3v) is 7.38. The number of carbonyl (C=O) groups excluding carboxylic acids is 2. The Bertz CT molecular complexity index is 1230. The molecular weight excluding hydrogens is 465 g/mol. The summed E-state index contributed by atoms with van der Waals surface area (Å²) < 4.78 is 19.8. The van der Waals surface area contributed by atoms with E-state index >= 15 is 0 Å². The van der Waals surface area contributed by atoms with Crippen LogP contribution in [0.3, 0.4) is 0 Å². The molecule has 5 rings (SSSR count). The van der Waals surface area contributed by atoms with E-state index in [1.165, 1.54) is 23.5 Å². The van der Waals surface area contributed by atoms with E-state index in [1.54, 1.807) is 36.2 Å². The van der Waals surface area contributed by atoms with E-state index < -0.39 is 0 Å². The number of benzene rings is 2. The summed E-state index contributed by atoms with van der Waals surface area (Å²) >= 11 is 7.28. The number of hydrogen-bond acceptors (Lipinski definition) is 5. The average Bonchev–Trinajstić information content (AvgIpc) is 3.48. The normalized spacial score (nSPS) is 19.2. The molecule has 0 aliphatic carbocycles. The Morgan fingerprint density at radius 2 is 1.94 bits per heavy atom. The van der Waals surface area contributed by atoms with E-state index in [1.807, 2.05) is 17.0 Å². The van der Waals surface area contributed by atoms with Crippen molar-refractivity contribution in [3.63, 3.8) is 0 Å². The van der Waals surface area contributed by atoms with Crippen LogP contribution in [0.4, 0.5) is 10.1 Å². The molecule has 2 amide bonds. The molecule has 170 valence electrons. The fourth-order valence-electron chi connectivity index (χ4n) is 4.66. The molecule has 3 heterocycles. The van der Waals surface area contributed by atoms with Crippen molar-refractivity contribution in [3.05, 3.63) is 69.4 Å². The Hall–Kier alpha value is -2.97. The summed E-state index contributed by atoms with van der Waals surface area (Å²) in [5.41, 5.74) is 1.44. The number of fused-ring (bicyclic) bond motifs is 2. The standard InChI is InChI=1S/C24H21ClFN3O3S/c1-15(30)28-9-8-24(13-28)14-29(23(31)11-22-27-12-21(25)33-22)20-7-6-18(10-19(20)24)32-17-4-2-16(26)3-5-17/h2-7,10,12H,8-9,11,13-14H2,1H3. The molecule has 1 aromatic heterocycles. The number of halogens is 2. The molecule has 1 spiro atoms. The zero-order valence-electron chi connectivity index (χ0n) is 17.9. The van der Waals surface area contributed by atoms with Gasteiger partial charge in [0.25, 0.3) is 0 Å². The molecule has 2 aliphatic heterocycles. The number of ether oxygens (including phenoxy) is 1. The molecule has 1 fully saturated rings. The molecule has 0 radical (unpaired) electrons. The monoisotopic (exact) mass is 485 g/mol. The summed E-state index contributed by atoms with van der Waals surface area (Å²) in [6, 6.07) is 11.5. The first-order chi connectivity index (χ1) is 15.8. The zero-order valence-corrected chi connectivity index (χ0v) is 19.5.